The molecule has 1 unspecified atom stereocenters. The minimum absolute atomic E-state index is 0.172. The van der Waals surface area contributed by atoms with Crippen LogP contribution >= 0.6 is 11.3 Å². The summed E-state index contributed by atoms with van der Waals surface area (Å²) in [5, 5.41) is 9.63. The van der Waals surface area contributed by atoms with E-state index in [1.54, 1.807) is 18.6 Å². The molecule has 0 bridgehead atoms. The number of nitrogens with zero attached hydrogens (tertiary/aromatic N) is 1. The van der Waals surface area contributed by atoms with Crippen molar-refractivity contribution in [2.75, 3.05) is 0 Å². The molecule has 0 aliphatic carbocycles. The number of carbonyl (C=O) groups excluding carboxylic acids is 1. The van der Waals surface area contributed by atoms with Crippen LogP contribution in [-0.2, 0) is 11.2 Å². The van der Waals surface area contributed by atoms with Crippen LogP contribution in [0.15, 0.2) is 11.7 Å². The summed E-state index contributed by atoms with van der Waals surface area (Å²) in [6.45, 7) is 1.65. The molecule has 0 amide bonds. The van der Waals surface area contributed by atoms with E-state index in [4.69, 9.17) is 0 Å². The number of thiazole rings is 1. The lowest BCUT2D eigenvalue weighted by Gasteiger charge is -2.18. The molecule has 0 aromatic carbocycles. The third kappa shape index (κ3) is 2.71. The van der Waals surface area contributed by atoms with Gasteiger partial charge in [-0.15, -0.1) is 11.3 Å². The van der Waals surface area contributed by atoms with Crippen LogP contribution in [0.1, 0.15) is 18.2 Å². The number of hydrogen-bond donors (Lipinski definition) is 1. The summed E-state index contributed by atoms with van der Waals surface area (Å²) in [5.41, 5.74) is 0.792. The molecule has 12 heavy (non-hydrogen) atoms. The summed E-state index contributed by atoms with van der Waals surface area (Å²) in [6.07, 6.45) is 3.12. The fourth-order valence-corrected chi connectivity index (χ4v) is 1.73. The van der Waals surface area contributed by atoms with Crippen molar-refractivity contribution in [3.05, 3.63) is 16.6 Å². The van der Waals surface area contributed by atoms with E-state index in [9.17, 15) is 9.90 Å². The second kappa shape index (κ2) is 3.78. The van der Waals surface area contributed by atoms with Gasteiger partial charge in [0, 0.05) is 23.9 Å². The smallest absolute Gasteiger partial charge is 0.122 e. The number of aromatic nitrogens is 1. The van der Waals surface area contributed by atoms with E-state index in [2.05, 4.69) is 4.98 Å². The van der Waals surface area contributed by atoms with Crippen molar-refractivity contribution in [2.24, 2.45) is 0 Å². The van der Waals surface area contributed by atoms with E-state index in [0.29, 0.717) is 6.42 Å². The highest BCUT2D eigenvalue weighted by Gasteiger charge is 2.20. The van der Waals surface area contributed by atoms with Gasteiger partial charge in [0.25, 0.3) is 0 Å². The Hall–Kier alpha value is -0.740. The average molecular weight is 185 g/mol. The molecular weight excluding hydrogens is 174 g/mol. The third-order valence-corrected chi connectivity index (χ3v) is 2.34. The van der Waals surface area contributed by atoms with Crippen molar-refractivity contribution >= 4 is 17.6 Å². The van der Waals surface area contributed by atoms with Gasteiger partial charge < -0.3 is 9.90 Å². The van der Waals surface area contributed by atoms with Gasteiger partial charge >= 0.3 is 0 Å². The Morgan fingerprint density at radius 1 is 1.83 bits per heavy atom. The maximum Gasteiger partial charge on any atom is 0.122 e. The van der Waals surface area contributed by atoms with Crippen LogP contribution in [0.25, 0.3) is 0 Å². The first kappa shape index (κ1) is 9.35. The fourth-order valence-electron chi connectivity index (χ4n) is 0.956. The molecule has 0 aliphatic heterocycles. The zero-order chi connectivity index (χ0) is 9.03. The molecule has 1 N–H and O–H groups in total. The van der Waals surface area contributed by atoms with Crippen LogP contribution in [-0.4, -0.2) is 22.0 Å². The molecule has 4 heteroatoms. The van der Waals surface area contributed by atoms with Crippen molar-refractivity contribution in [1.29, 1.82) is 0 Å². The summed E-state index contributed by atoms with van der Waals surface area (Å²) in [4.78, 5) is 15.1. The lowest BCUT2D eigenvalue weighted by molar-refractivity contribution is -0.111. The van der Waals surface area contributed by atoms with Gasteiger partial charge in [0.05, 0.1) is 11.1 Å². The summed E-state index contributed by atoms with van der Waals surface area (Å²) in [6, 6.07) is 0. The van der Waals surface area contributed by atoms with Crippen LogP contribution in [0.2, 0.25) is 0 Å². The summed E-state index contributed by atoms with van der Waals surface area (Å²) < 4.78 is 0. The van der Waals surface area contributed by atoms with E-state index < -0.39 is 5.60 Å². The molecule has 0 saturated carbocycles. The van der Waals surface area contributed by atoms with Crippen molar-refractivity contribution in [2.45, 2.75) is 25.4 Å². The largest absolute Gasteiger partial charge is 0.389 e. The highest BCUT2D eigenvalue weighted by molar-refractivity contribution is 7.09. The fraction of sp³-hybridized carbons (Fsp3) is 0.500. The van der Waals surface area contributed by atoms with Gasteiger partial charge in [-0.1, -0.05) is 0 Å². The van der Waals surface area contributed by atoms with E-state index in [1.807, 2.05) is 0 Å². The first-order valence-corrected chi connectivity index (χ1v) is 4.55. The van der Waals surface area contributed by atoms with E-state index in [-0.39, 0.29) is 6.42 Å². The van der Waals surface area contributed by atoms with Crippen LogP contribution < -0.4 is 0 Å². The highest BCUT2D eigenvalue weighted by atomic mass is 32.1. The van der Waals surface area contributed by atoms with Gasteiger partial charge in [-0.2, -0.15) is 0 Å². The molecule has 3 nitrogen and oxygen atoms in total. The second-order valence-corrected chi connectivity index (χ2v) is 3.98. The van der Waals surface area contributed by atoms with E-state index in [0.717, 1.165) is 11.2 Å². The van der Waals surface area contributed by atoms with Crippen LogP contribution in [0.5, 0.6) is 0 Å². The standard InChI is InChI=1S/C8H11NO2S/c1-8(11,2-3-10)4-7-5-9-6-12-7/h3,5-6,11H,2,4H2,1H3. The molecule has 1 aromatic heterocycles. The SMILES string of the molecule is CC(O)(CC=O)Cc1cncs1. The van der Waals surface area contributed by atoms with E-state index in [1.165, 1.54) is 11.3 Å². The number of aldehydes is 1. The minimum atomic E-state index is -0.922. The number of carbonyl (C=O) groups is 1. The van der Waals surface area contributed by atoms with Crippen LogP contribution in [0.3, 0.4) is 0 Å². The Balaban J connectivity index is 2.55. The molecule has 1 heterocycles. The van der Waals surface area contributed by atoms with Gasteiger partial charge in [-0.05, 0) is 6.92 Å². The first-order valence-electron chi connectivity index (χ1n) is 3.67. The van der Waals surface area contributed by atoms with Crippen molar-refractivity contribution in [3.8, 4) is 0 Å². The molecule has 0 saturated heterocycles. The number of aliphatic hydroxyl groups is 1. The lowest BCUT2D eigenvalue weighted by atomic mass is 9.99. The second-order valence-electron chi connectivity index (χ2n) is 3.01. The third-order valence-electron chi connectivity index (χ3n) is 1.56. The van der Waals surface area contributed by atoms with Gasteiger partial charge in [-0.3, -0.25) is 4.98 Å². The van der Waals surface area contributed by atoms with Gasteiger partial charge in [0.2, 0.25) is 0 Å². The molecule has 0 spiro atoms. The summed E-state index contributed by atoms with van der Waals surface area (Å²) in [7, 11) is 0. The van der Waals surface area contributed by atoms with Gasteiger partial charge in [-0.25, -0.2) is 0 Å². The maximum atomic E-state index is 10.2. The molecule has 0 radical (unpaired) electrons. The number of rotatable bonds is 4. The normalized spacial score (nSPS) is 15.5. The van der Waals surface area contributed by atoms with Crippen LogP contribution in [0, 0.1) is 0 Å². The molecular formula is C8H11NO2S. The quantitative estimate of drug-likeness (QED) is 0.713. The predicted molar refractivity (Wildman–Crippen MR) is 47.1 cm³/mol. The molecule has 1 rings (SSSR count). The van der Waals surface area contributed by atoms with Crippen molar-refractivity contribution in [1.82, 2.24) is 4.98 Å². The molecule has 0 fully saturated rings. The predicted octanol–water partition coefficient (Wildman–Crippen LogP) is 1.03. The monoisotopic (exact) mass is 185 g/mol. The Labute approximate surface area is 75.1 Å². The van der Waals surface area contributed by atoms with Gasteiger partial charge in [0.15, 0.2) is 0 Å². The zero-order valence-electron chi connectivity index (χ0n) is 6.86. The highest BCUT2D eigenvalue weighted by Crippen LogP contribution is 2.17. The van der Waals surface area contributed by atoms with Crippen molar-refractivity contribution in [3.63, 3.8) is 0 Å². The zero-order valence-corrected chi connectivity index (χ0v) is 7.67. The molecule has 0 aliphatic rings. The van der Waals surface area contributed by atoms with Gasteiger partial charge in [0.1, 0.15) is 6.29 Å². The minimum Gasteiger partial charge on any atom is -0.389 e. The average Bonchev–Trinajstić information content (AvgIpc) is 2.38. The topological polar surface area (TPSA) is 50.2 Å². The Morgan fingerprint density at radius 3 is 3.08 bits per heavy atom. The summed E-state index contributed by atoms with van der Waals surface area (Å²) in [5.74, 6) is 0. The lowest BCUT2D eigenvalue weighted by Crippen LogP contribution is -2.27. The Morgan fingerprint density at radius 2 is 2.58 bits per heavy atom. The summed E-state index contributed by atoms with van der Waals surface area (Å²) >= 11 is 1.49. The Kier molecular flexibility index (Phi) is 2.94. The number of hydrogen-bond acceptors (Lipinski definition) is 4. The van der Waals surface area contributed by atoms with E-state index >= 15 is 0 Å². The first-order chi connectivity index (χ1) is 5.64. The van der Waals surface area contributed by atoms with Crippen LogP contribution in [0.4, 0.5) is 0 Å². The maximum absolute atomic E-state index is 10.2. The molecule has 66 valence electrons. The Bertz CT molecular complexity index is 244. The van der Waals surface area contributed by atoms with Crippen molar-refractivity contribution < 1.29 is 9.90 Å². The molecule has 1 atom stereocenters. The molecule has 1 aromatic rings.